The van der Waals surface area contributed by atoms with Crippen LogP contribution in [0.5, 0.6) is 5.75 Å². The van der Waals surface area contributed by atoms with Gasteiger partial charge in [0.15, 0.2) is 0 Å². The van der Waals surface area contributed by atoms with Gasteiger partial charge in [0.25, 0.3) is 5.91 Å². The molecule has 1 amide bonds. The molecule has 1 aliphatic rings. The van der Waals surface area contributed by atoms with Crippen molar-refractivity contribution in [2.24, 2.45) is 4.99 Å². The predicted molar refractivity (Wildman–Crippen MR) is 101 cm³/mol. The summed E-state index contributed by atoms with van der Waals surface area (Å²) >= 11 is 5.89. The molecule has 1 N–H and O–H groups in total. The molecule has 0 bridgehead atoms. The van der Waals surface area contributed by atoms with E-state index in [1.54, 1.807) is 13.2 Å². The first kappa shape index (κ1) is 17.2. The lowest BCUT2D eigenvalue weighted by Gasteiger charge is -2.04. The van der Waals surface area contributed by atoms with Gasteiger partial charge in [-0.15, -0.1) is 0 Å². The Morgan fingerprint density at radius 3 is 2.60 bits per heavy atom. The second kappa shape index (κ2) is 7.53. The molecule has 0 fully saturated rings. The maximum Gasteiger partial charge on any atom is 0.275 e. The Hall–Kier alpha value is -2.59. The number of aliphatic imine (C=N–C) groups is 1. The van der Waals surface area contributed by atoms with Gasteiger partial charge in [-0.1, -0.05) is 29.8 Å². The zero-order chi connectivity index (χ0) is 17.8. The number of halogens is 1. The summed E-state index contributed by atoms with van der Waals surface area (Å²) in [5.74, 6) is 1.35. The van der Waals surface area contributed by atoms with Gasteiger partial charge in [0.05, 0.1) is 7.11 Å². The molecule has 0 saturated carbocycles. The predicted octanol–water partition coefficient (Wildman–Crippen LogP) is 4.16. The van der Waals surface area contributed by atoms with Crippen LogP contribution in [0.3, 0.4) is 0 Å². The van der Waals surface area contributed by atoms with Crippen molar-refractivity contribution < 1.29 is 9.53 Å². The number of hydrogen-bond acceptors (Lipinski definition) is 3. The van der Waals surface area contributed by atoms with Crippen LogP contribution in [0.2, 0.25) is 5.02 Å². The number of aryl methyl sites for hydroxylation is 2. The van der Waals surface area contributed by atoms with E-state index in [9.17, 15) is 4.79 Å². The average molecular weight is 355 g/mol. The Bertz CT molecular complexity index is 854. The third-order valence-electron chi connectivity index (χ3n) is 4.03. The highest BCUT2D eigenvalue weighted by Gasteiger charge is 2.19. The van der Waals surface area contributed by atoms with E-state index in [2.05, 4.69) is 10.3 Å². The summed E-state index contributed by atoms with van der Waals surface area (Å²) in [6.45, 7) is 1.97. The minimum absolute atomic E-state index is 0.167. The van der Waals surface area contributed by atoms with E-state index in [1.165, 1.54) is 0 Å². The molecule has 0 spiro atoms. The van der Waals surface area contributed by atoms with Crippen molar-refractivity contribution in [1.82, 2.24) is 5.32 Å². The van der Waals surface area contributed by atoms with Gasteiger partial charge in [-0.05, 0) is 60.4 Å². The summed E-state index contributed by atoms with van der Waals surface area (Å²) in [5, 5.41) is 3.55. The summed E-state index contributed by atoms with van der Waals surface area (Å²) in [4.78, 5) is 16.5. The number of hydrogen-bond donors (Lipinski definition) is 1. The summed E-state index contributed by atoms with van der Waals surface area (Å²) in [6.07, 6.45) is 3.26. The fraction of sp³-hybridized carbons (Fsp3) is 0.200. The largest absolute Gasteiger partial charge is 0.496 e. The number of benzene rings is 2. The molecule has 2 aromatic carbocycles. The molecule has 2 aromatic rings. The third-order valence-corrected chi connectivity index (χ3v) is 4.28. The fourth-order valence-electron chi connectivity index (χ4n) is 2.70. The number of rotatable bonds is 5. The Balaban J connectivity index is 1.71. The van der Waals surface area contributed by atoms with Crippen LogP contribution in [0.15, 0.2) is 53.2 Å². The summed E-state index contributed by atoms with van der Waals surface area (Å²) in [5.41, 5.74) is 3.52. The molecule has 0 radical (unpaired) electrons. The van der Waals surface area contributed by atoms with Gasteiger partial charge in [-0.25, -0.2) is 4.99 Å². The highest BCUT2D eigenvalue weighted by atomic mass is 35.5. The van der Waals surface area contributed by atoms with Crippen LogP contribution >= 0.6 is 11.6 Å². The van der Waals surface area contributed by atoms with E-state index in [4.69, 9.17) is 16.3 Å². The number of methoxy groups -OCH3 is 1. The van der Waals surface area contributed by atoms with Gasteiger partial charge < -0.3 is 10.1 Å². The smallest absolute Gasteiger partial charge is 0.275 e. The highest BCUT2D eigenvalue weighted by Crippen LogP contribution is 2.21. The summed E-state index contributed by atoms with van der Waals surface area (Å²) in [7, 11) is 1.64. The van der Waals surface area contributed by atoms with Gasteiger partial charge in [-0.2, -0.15) is 0 Å². The van der Waals surface area contributed by atoms with Crippen LogP contribution in [0.25, 0.3) is 6.08 Å². The first-order chi connectivity index (χ1) is 12.0. The first-order valence-electron chi connectivity index (χ1n) is 8.05. The Morgan fingerprint density at radius 2 is 1.92 bits per heavy atom. The monoisotopic (exact) mass is 354 g/mol. The lowest BCUT2D eigenvalue weighted by molar-refractivity contribution is -0.115. The number of ether oxygens (including phenoxy) is 1. The topological polar surface area (TPSA) is 50.7 Å². The van der Waals surface area contributed by atoms with Gasteiger partial charge in [0, 0.05) is 11.4 Å². The standard InChI is InChI=1S/C20H19ClN2O2/c1-13-11-15(5-9-18(13)25-2)12-17-20(24)23-19(22-17)10-6-14-3-7-16(21)8-4-14/h3-5,7-9,11-12H,6,10H2,1-2H3,(H,22,23,24)/b17-12+. The molecule has 25 heavy (non-hydrogen) atoms. The minimum Gasteiger partial charge on any atom is -0.496 e. The van der Waals surface area contributed by atoms with Gasteiger partial charge in [-0.3, -0.25) is 4.79 Å². The first-order valence-corrected chi connectivity index (χ1v) is 8.42. The molecule has 0 aromatic heterocycles. The zero-order valence-electron chi connectivity index (χ0n) is 14.2. The molecule has 1 aliphatic heterocycles. The number of amides is 1. The lowest BCUT2D eigenvalue weighted by Crippen LogP contribution is -2.24. The van der Waals surface area contributed by atoms with Gasteiger partial charge in [0.1, 0.15) is 17.3 Å². The zero-order valence-corrected chi connectivity index (χ0v) is 14.9. The van der Waals surface area contributed by atoms with Crippen LogP contribution in [-0.4, -0.2) is 18.9 Å². The van der Waals surface area contributed by atoms with Crippen LogP contribution < -0.4 is 10.1 Å². The molecule has 0 saturated heterocycles. The van der Waals surface area contributed by atoms with Crippen molar-refractivity contribution in [1.29, 1.82) is 0 Å². The molecule has 4 nitrogen and oxygen atoms in total. The Labute approximate surface area is 152 Å². The van der Waals surface area contributed by atoms with E-state index in [0.717, 1.165) is 33.9 Å². The molecule has 0 aliphatic carbocycles. The quantitative estimate of drug-likeness (QED) is 0.820. The maximum absolute atomic E-state index is 12.1. The highest BCUT2D eigenvalue weighted by molar-refractivity contribution is 6.30. The second-order valence-corrected chi connectivity index (χ2v) is 6.33. The van der Waals surface area contributed by atoms with E-state index in [1.807, 2.05) is 49.4 Å². The number of nitrogens with one attached hydrogen (secondary N) is 1. The molecule has 5 heteroatoms. The van der Waals surface area contributed by atoms with E-state index in [-0.39, 0.29) is 5.91 Å². The lowest BCUT2D eigenvalue weighted by atomic mass is 10.1. The van der Waals surface area contributed by atoms with Crippen LogP contribution in [0.4, 0.5) is 0 Å². The minimum atomic E-state index is -0.167. The Kier molecular flexibility index (Phi) is 5.19. The maximum atomic E-state index is 12.1. The van der Waals surface area contributed by atoms with E-state index in [0.29, 0.717) is 18.0 Å². The van der Waals surface area contributed by atoms with Crippen molar-refractivity contribution >= 4 is 29.4 Å². The van der Waals surface area contributed by atoms with Crippen LogP contribution in [0, 0.1) is 6.92 Å². The number of amidine groups is 1. The van der Waals surface area contributed by atoms with Crippen molar-refractivity contribution in [3.63, 3.8) is 0 Å². The van der Waals surface area contributed by atoms with Crippen molar-refractivity contribution in [3.8, 4) is 5.75 Å². The normalized spacial score (nSPS) is 15.2. The van der Waals surface area contributed by atoms with Gasteiger partial charge in [0.2, 0.25) is 0 Å². The summed E-state index contributed by atoms with van der Waals surface area (Å²) in [6, 6.07) is 13.5. The number of carbonyl (C=O) groups excluding carboxylic acids is 1. The molecule has 3 rings (SSSR count). The van der Waals surface area contributed by atoms with E-state index >= 15 is 0 Å². The number of carbonyl (C=O) groups is 1. The number of nitrogens with zero attached hydrogens (tertiary/aromatic N) is 1. The fourth-order valence-corrected chi connectivity index (χ4v) is 2.82. The third kappa shape index (κ3) is 4.28. The SMILES string of the molecule is COc1ccc(/C=C2/N=C(CCc3ccc(Cl)cc3)NC2=O)cc1C. The Morgan fingerprint density at radius 1 is 1.16 bits per heavy atom. The summed E-state index contributed by atoms with van der Waals surface area (Å²) < 4.78 is 5.25. The average Bonchev–Trinajstić information content (AvgIpc) is 2.94. The van der Waals surface area contributed by atoms with E-state index < -0.39 is 0 Å². The molecule has 1 heterocycles. The molecular formula is C20H19ClN2O2. The molecule has 0 atom stereocenters. The second-order valence-electron chi connectivity index (χ2n) is 5.90. The van der Waals surface area contributed by atoms with Crippen molar-refractivity contribution in [2.45, 2.75) is 19.8 Å². The molecule has 128 valence electrons. The molecule has 0 unspecified atom stereocenters. The molecular weight excluding hydrogens is 336 g/mol. The van der Waals surface area contributed by atoms with Crippen molar-refractivity contribution in [2.75, 3.05) is 7.11 Å². The van der Waals surface area contributed by atoms with Crippen LogP contribution in [-0.2, 0) is 11.2 Å². The van der Waals surface area contributed by atoms with Crippen molar-refractivity contribution in [3.05, 3.63) is 69.9 Å². The van der Waals surface area contributed by atoms with Crippen LogP contribution in [0.1, 0.15) is 23.1 Å². The van der Waals surface area contributed by atoms with Gasteiger partial charge >= 0.3 is 0 Å².